The zero-order chi connectivity index (χ0) is 24.9. The number of furan rings is 1. The molecule has 1 amide bonds. The molecule has 0 bridgehead atoms. The summed E-state index contributed by atoms with van der Waals surface area (Å²) in [6.07, 6.45) is 2.45. The molecule has 0 radical (unpaired) electrons. The number of hydrogen-bond acceptors (Lipinski definition) is 7. The van der Waals surface area contributed by atoms with Crippen LogP contribution in [0, 0.1) is 0 Å². The molecule has 0 aliphatic rings. The molecule has 4 aromatic rings. The van der Waals surface area contributed by atoms with E-state index in [9.17, 15) is 14.4 Å². The van der Waals surface area contributed by atoms with Gasteiger partial charge in [-0.1, -0.05) is 30.8 Å². The van der Waals surface area contributed by atoms with Crippen molar-refractivity contribution in [3.8, 4) is 0 Å². The third kappa shape index (κ3) is 5.46. The molecule has 2 aromatic carbocycles. The highest BCUT2D eigenvalue weighted by molar-refractivity contribution is 8.00. The van der Waals surface area contributed by atoms with Crippen LogP contribution in [-0.2, 0) is 22.5 Å². The van der Waals surface area contributed by atoms with Gasteiger partial charge in [0, 0.05) is 5.69 Å². The molecule has 0 aliphatic carbocycles. The van der Waals surface area contributed by atoms with Crippen LogP contribution < -0.4 is 10.9 Å². The summed E-state index contributed by atoms with van der Waals surface area (Å²) >= 11 is 1.16. The minimum Gasteiger partial charge on any atom is -0.467 e. The fourth-order valence-corrected chi connectivity index (χ4v) is 4.42. The first-order chi connectivity index (χ1) is 16.9. The fraction of sp³-hybridized carbons (Fsp3) is 0.231. The molecule has 35 heavy (non-hydrogen) atoms. The predicted octanol–water partition coefficient (Wildman–Crippen LogP) is 4.51. The molecule has 8 nitrogen and oxygen atoms in total. The Labute approximate surface area is 206 Å². The topological polar surface area (TPSA) is 103 Å². The van der Waals surface area contributed by atoms with Crippen molar-refractivity contribution in [2.75, 3.05) is 12.4 Å². The Morgan fingerprint density at radius 3 is 2.60 bits per heavy atom. The van der Waals surface area contributed by atoms with Crippen molar-refractivity contribution >= 4 is 40.2 Å². The van der Waals surface area contributed by atoms with E-state index >= 15 is 0 Å². The number of amides is 1. The van der Waals surface area contributed by atoms with Crippen molar-refractivity contribution in [1.82, 2.24) is 9.55 Å². The summed E-state index contributed by atoms with van der Waals surface area (Å²) < 4.78 is 11.7. The zero-order valence-electron chi connectivity index (χ0n) is 19.6. The molecule has 9 heteroatoms. The van der Waals surface area contributed by atoms with E-state index in [-0.39, 0.29) is 23.6 Å². The van der Waals surface area contributed by atoms with Gasteiger partial charge in [-0.2, -0.15) is 0 Å². The van der Waals surface area contributed by atoms with Crippen molar-refractivity contribution in [2.24, 2.45) is 0 Å². The highest BCUT2D eigenvalue weighted by Crippen LogP contribution is 2.25. The van der Waals surface area contributed by atoms with Crippen molar-refractivity contribution in [2.45, 2.75) is 37.2 Å². The van der Waals surface area contributed by atoms with Gasteiger partial charge in [0.1, 0.15) is 5.76 Å². The number of benzene rings is 2. The number of rotatable bonds is 8. The Hall–Kier alpha value is -3.85. The molecule has 4 rings (SSSR count). The molecular weight excluding hydrogens is 466 g/mol. The number of ether oxygens (including phenoxy) is 1. The monoisotopic (exact) mass is 491 g/mol. The summed E-state index contributed by atoms with van der Waals surface area (Å²) in [6, 6.07) is 15.8. The summed E-state index contributed by atoms with van der Waals surface area (Å²) in [5.74, 6) is -0.166. The number of esters is 1. The molecule has 0 saturated carbocycles. The van der Waals surface area contributed by atoms with E-state index in [4.69, 9.17) is 9.15 Å². The van der Waals surface area contributed by atoms with Crippen LogP contribution in [0.1, 0.15) is 35.5 Å². The number of nitrogens with one attached hydrogen (secondary N) is 1. The van der Waals surface area contributed by atoms with E-state index < -0.39 is 11.2 Å². The number of methoxy groups -OCH3 is 1. The summed E-state index contributed by atoms with van der Waals surface area (Å²) in [4.78, 5) is 42.9. The molecular formula is C26H25N3O5S. The molecule has 0 saturated heterocycles. The molecule has 0 spiro atoms. The van der Waals surface area contributed by atoms with Crippen molar-refractivity contribution < 1.29 is 18.7 Å². The molecule has 2 aromatic heterocycles. The van der Waals surface area contributed by atoms with E-state index in [0.29, 0.717) is 27.5 Å². The highest BCUT2D eigenvalue weighted by Gasteiger charge is 2.21. The van der Waals surface area contributed by atoms with Crippen molar-refractivity contribution in [1.29, 1.82) is 0 Å². The molecule has 1 N–H and O–H groups in total. The molecule has 0 fully saturated rings. The van der Waals surface area contributed by atoms with Gasteiger partial charge in [0.2, 0.25) is 5.91 Å². The number of anilines is 1. The lowest BCUT2D eigenvalue weighted by molar-refractivity contribution is -0.115. The third-order valence-corrected chi connectivity index (χ3v) is 6.61. The summed E-state index contributed by atoms with van der Waals surface area (Å²) in [5, 5.41) is 3.04. The van der Waals surface area contributed by atoms with Gasteiger partial charge in [-0.25, -0.2) is 9.78 Å². The fourth-order valence-electron chi connectivity index (χ4n) is 3.51. The van der Waals surface area contributed by atoms with Crippen LogP contribution >= 0.6 is 11.8 Å². The standard InChI is InChI=1S/C26H25N3O5S/c1-4-17-7-10-19(11-8-17)27-23(30)16(2)35-26-28-22-14-18(25(32)33-3)9-12-21(22)24(31)29(26)15-20-6-5-13-34-20/h5-14,16H,4,15H2,1-3H3,(H,27,30). The number of aryl methyl sites for hydroxylation is 1. The van der Waals surface area contributed by atoms with Crippen LogP contribution in [0.5, 0.6) is 0 Å². The number of aromatic nitrogens is 2. The second-order valence-corrected chi connectivity index (χ2v) is 9.20. The normalized spacial score (nSPS) is 11.9. The number of fused-ring (bicyclic) bond motifs is 1. The van der Waals surface area contributed by atoms with Crippen LogP contribution in [0.2, 0.25) is 0 Å². The van der Waals surface area contributed by atoms with Gasteiger partial charge in [-0.05, 0) is 61.4 Å². The van der Waals surface area contributed by atoms with E-state index in [1.54, 1.807) is 25.1 Å². The van der Waals surface area contributed by atoms with Gasteiger partial charge in [0.25, 0.3) is 5.56 Å². The van der Waals surface area contributed by atoms with Gasteiger partial charge in [0.05, 0.1) is 41.6 Å². The highest BCUT2D eigenvalue weighted by atomic mass is 32.2. The van der Waals surface area contributed by atoms with Crippen molar-refractivity contribution in [3.63, 3.8) is 0 Å². The number of carbonyl (C=O) groups excluding carboxylic acids is 2. The largest absolute Gasteiger partial charge is 0.467 e. The van der Waals surface area contributed by atoms with Crippen LogP contribution in [0.3, 0.4) is 0 Å². The Bertz CT molecular complexity index is 1410. The van der Waals surface area contributed by atoms with Crippen LogP contribution in [0.25, 0.3) is 10.9 Å². The molecule has 0 aliphatic heterocycles. The second kappa shape index (κ2) is 10.6. The average molecular weight is 492 g/mol. The number of carbonyl (C=O) groups is 2. The first kappa shape index (κ1) is 24.3. The molecule has 180 valence electrons. The zero-order valence-corrected chi connectivity index (χ0v) is 20.4. The average Bonchev–Trinajstić information content (AvgIpc) is 3.39. The van der Waals surface area contributed by atoms with Gasteiger partial charge in [-0.15, -0.1) is 0 Å². The minimum absolute atomic E-state index is 0.155. The summed E-state index contributed by atoms with van der Waals surface area (Å²) in [5.41, 5.74) is 2.21. The van der Waals surface area contributed by atoms with E-state index in [1.807, 2.05) is 24.3 Å². The maximum absolute atomic E-state index is 13.4. The molecule has 1 unspecified atom stereocenters. The first-order valence-corrected chi connectivity index (χ1v) is 12.0. The predicted molar refractivity (Wildman–Crippen MR) is 135 cm³/mol. The third-order valence-electron chi connectivity index (χ3n) is 5.52. The lowest BCUT2D eigenvalue weighted by Gasteiger charge is -2.16. The van der Waals surface area contributed by atoms with Crippen LogP contribution in [-0.4, -0.2) is 33.8 Å². The van der Waals surface area contributed by atoms with E-state index in [2.05, 4.69) is 17.2 Å². The number of hydrogen-bond donors (Lipinski definition) is 1. The first-order valence-electron chi connectivity index (χ1n) is 11.1. The van der Waals surface area contributed by atoms with Crippen LogP contribution in [0.15, 0.2) is 75.2 Å². The maximum Gasteiger partial charge on any atom is 0.337 e. The molecule has 2 heterocycles. The van der Waals surface area contributed by atoms with E-state index in [0.717, 1.165) is 18.2 Å². The second-order valence-electron chi connectivity index (χ2n) is 7.89. The quantitative estimate of drug-likeness (QED) is 0.220. The summed E-state index contributed by atoms with van der Waals surface area (Å²) in [7, 11) is 1.29. The van der Waals surface area contributed by atoms with Gasteiger partial charge < -0.3 is 14.5 Å². The van der Waals surface area contributed by atoms with Gasteiger partial charge in [0.15, 0.2) is 5.16 Å². The Balaban J connectivity index is 1.67. The van der Waals surface area contributed by atoms with Crippen LogP contribution in [0.4, 0.5) is 5.69 Å². The number of nitrogens with zero attached hydrogens (tertiary/aromatic N) is 2. The molecule has 1 atom stereocenters. The smallest absolute Gasteiger partial charge is 0.337 e. The van der Waals surface area contributed by atoms with Gasteiger partial charge in [-0.3, -0.25) is 14.2 Å². The minimum atomic E-state index is -0.558. The van der Waals surface area contributed by atoms with Crippen molar-refractivity contribution in [3.05, 3.63) is 88.1 Å². The Morgan fingerprint density at radius 2 is 1.94 bits per heavy atom. The lowest BCUT2D eigenvalue weighted by Crippen LogP contribution is -2.27. The Morgan fingerprint density at radius 1 is 1.17 bits per heavy atom. The van der Waals surface area contributed by atoms with Gasteiger partial charge >= 0.3 is 5.97 Å². The Kier molecular flexibility index (Phi) is 7.36. The lowest BCUT2D eigenvalue weighted by atomic mass is 10.1. The number of thioether (sulfide) groups is 1. The van der Waals surface area contributed by atoms with E-state index in [1.165, 1.54) is 35.6 Å². The maximum atomic E-state index is 13.4. The SMILES string of the molecule is CCc1ccc(NC(=O)C(C)Sc2nc3cc(C(=O)OC)ccc3c(=O)n2Cc2ccco2)cc1. The summed E-state index contributed by atoms with van der Waals surface area (Å²) in [6.45, 7) is 3.97.